The van der Waals surface area contributed by atoms with Crippen molar-refractivity contribution in [3.63, 3.8) is 0 Å². The van der Waals surface area contributed by atoms with Gasteiger partial charge in [-0.1, -0.05) is 6.07 Å². The maximum Gasteiger partial charge on any atom is 0.174 e. The van der Waals surface area contributed by atoms with Crippen LogP contribution in [0.25, 0.3) is 0 Å². The number of nitrogens with zero attached hydrogens (tertiary/aromatic N) is 4. The molecule has 0 bridgehead atoms. The van der Waals surface area contributed by atoms with Crippen LogP contribution in [0.4, 0.5) is 11.4 Å². The number of rotatable bonds is 5. The molecule has 0 amide bonds. The summed E-state index contributed by atoms with van der Waals surface area (Å²) < 4.78 is 7.77. The van der Waals surface area contributed by atoms with Crippen LogP contribution < -0.4 is 15.1 Å². The molecule has 3 aromatic rings. The van der Waals surface area contributed by atoms with Gasteiger partial charge in [0.2, 0.25) is 0 Å². The average Bonchev–Trinajstić information content (AvgIpc) is 3.44. The zero-order valence-electron chi connectivity index (χ0n) is 17.6. The van der Waals surface area contributed by atoms with Gasteiger partial charge in [-0.05, 0) is 67.7 Å². The minimum absolute atomic E-state index is 0.0200. The van der Waals surface area contributed by atoms with E-state index >= 15 is 0 Å². The van der Waals surface area contributed by atoms with E-state index in [0.717, 1.165) is 49.3 Å². The Morgan fingerprint density at radius 2 is 1.81 bits per heavy atom. The van der Waals surface area contributed by atoms with Gasteiger partial charge in [0, 0.05) is 49.1 Å². The van der Waals surface area contributed by atoms with Crippen LogP contribution in [-0.4, -0.2) is 41.0 Å². The Balaban J connectivity index is 1.52. The van der Waals surface area contributed by atoms with E-state index in [1.807, 2.05) is 18.3 Å². The molecule has 2 saturated heterocycles. The molecule has 2 fully saturated rings. The van der Waals surface area contributed by atoms with Crippen LogP contribution in [0.5, 0.6) is 0 Å². The Bertz CT molecular complexity index is 1030. The highest BCUT2D eigenvalue weighted by Gasteiger charge is 2.41. The molecule has 0 unspecified atom stereocenters. The van der Waals surface area contributed by atoms with Gasteiger partial charge in [-0.15, -0.1) is 0 Å². The lowest BCUT2D eigenvalue weighted by Gasteiger charge is -2.31. The van der Waals surface area contributed by atoms with E-state index in [1.54, 1.807) is 0 Å². The number of anilines is 2. The molecule has 0 spiro atoms. The van der Waals surface area contributed by atoms with Crippen LogP contribution in [0.3, 0.4) is 0 Å². The van der Waals surface area contributed by atoms with Crippen LogP contribution >= 0.6 is 12.2 Å². The second-order valence-corrected chi connectivity index (χ2v) is 8.22. The number of morpholine rings is 1. The van der Waals surface area contributed by atoms with Crippen LogP contribution in [0.15, 0.2) is 67.0 Å². The van der Waals surface area contributed by atoms with E-state index in [0.29, 0.717) is 0 Å². The van der Waals surface area contributed by atoms with Crippen molar-refractivity contribution in [1.82, 2.24) is 14.9 Å². The lowest BCUT2D eigenvalue weighted by molar-refractivity contribution is 0.122. The Labute approximate surface area is 188 Å². The molecule has 2 aliphatic rings. The van der Waals surface area contributed by atoms with Gasteiger partial charge in [-0.2, -0.15) is 0 Å². The molecule has 6 nitrogen and oxygen atoms in total. The second kappa shape index (κ2) is 8.69. The fourth-order valence-corrected chi connectivity index (χ4v) is 4.91. The highest BCUT2D eigenvalue weighted by Crippen LogP contribution is 2.41. The predicted octanol–water partition coefficient (Wildman–Crippen LogP) is 3.92. The Morgan fingerprint density at radius 3 is 2.52 bits per heavy atom. The third-order valence-corrected chi connectivity index (χ3v) is 6.43. The molecule has 1 aromatic carbocycles. The zero-order valence-corrected chi connectivity index (χ0v) is 18.5. The Hall–Kier alpha value is -2.90. The topological polar surface area (TPSA) is 45.6 Å². The normalized spacial score (nSPS) is 21.4. The van der Waals surface area contributed by atoms with Crippen molar-refractivity contribution in [2.75, 3.05) is 36.1 Å². The van der Waals surface area contributed by atoms with E-state index in [1.165, 1.54) is 11.4 Å². The Kier molecular flexibility index (Phi) is 5.61. The highest BCUT2D eigenvalue weighted by molar-refractivity contribution is 7.80. The average molecular weight is 434 g/mol. The van der Waals surface area contributed by atoms with E-state index in [-0.39, 0.29) is 12.1 Å². The fourth-order valence-electron chi connectivity index (χ4n) is 4.56. The van der Waals surface area contributed by atoms with Crippen molar-refractivity contribution in [1.29, 1.82) is 0 Å². The van der Waals surface area contributed by atoms with Crippen molar-refractivity contribution < 1.29 is 4.74 Å². The first-order valence-corrected chi connectivity index (χ1v) is 11.3. The summed E-state index contributed by atoms with van der Waals surface area (Å²) in [6.45, 7) is 6.49. The molecular formula is C24H27N5OS. The van der Waals surface area contributed by atoms with Crippen LogP contribution in [0, 0.1) is 0 Å². The smallest absolute Gasteiger partial charge is 0.174 e. The fraction of sp³-hybridized carbons (Fsp3) is 0.333. The summed E-state index contributed by atoms with van der Waals surface area (Å²) in [6, 6.07) is 19.1. The number of hydrogen-bond donors (Lipinski definition) is 1. The maximum absolute atomic E-state index is 5.84. The van der Waals surface area contributed by atoms with Crippen molar-refractivity contribution in [2.45, 2.75) is 25.6 Å². The van der Waals surface area contributed by atoms with Crippen LogP contribution in [-0.2, 0) is 11.3 Å². The number of nitrogens with one attached hydrogen (secondary N) is 1. The summed E-state index contributed by atoms with van der Waals surface area (Å²) in [5.74, 6) is 0. The third-order valence-electron chi connectivity index (χ3n) is 6.11. The molecule has 160 valence electrons. The zero-order chi connectivity index (χ0) is 21.2. The van der Waals surface area contributed by atoms with Crippen molar-refractivity contribution in [2.24, 2.45) is 0 Å². The third kappa shape index (κ3) is 3.79. The molecule has 7 heteroatoms. The monoisotopic (exact) mass is 433 g/mol. The van der Waals surface area contributed by atoms with Crippen LogP contribution in [0.2, 0.25) is 0 Å². The maximum atomic E-state index is 5.84. The van der Waals surface area contributed by atoms with E-state index in [4.69, 9.17) is 17.0 Å². The first kappa shape index (κ1) is 20.0. The molecule has 0 saturated carbocycles. The lowest BCUT2D eigenvalue weighted by atomic mass is 10.0. The molecule has 5 rings (SSSR count). The van der Waals surface area contributed by atoms with Gasteiger partial charge in [0.05, 0.1) is 24.9 Å². The van der Waals surface area contributed by atoms with E-state index in [2.05, 4.69) is 80.3 Å². The number of pyridine rings is 1. The minimum Gasteiger partial charge on any atom is -0.378 e. The summed E-state index contributed by atoms with van der Waals surface area (Å²) in [5.41, 5.74) is 4.52. The molecule has 2 aliphatic heterocycles. The number of aromatic nitrogens is 2. The molecule has 4 heterocycles. The number of ether oxygens (including phenoxy) is 1. The summed E-state index contributed by atoms with van der Waals surface area (Å²) in [5, 5.41) is 4.27. The molecule has 0 radical (unpaired) electrons. The van der Waals surface area contributed by atoms with Gasteiger partial charge in [-0.3, -0.25) is 4.98 Å². The van der Waals surface area contributed by atoms with Gasteiger partial charge in [-0.25, -0.2) is 0 Å². The molecular weight excluding hydrogens is 406 g/mol. The van der Waals surface area contributed by atoms with Gasteiger partial charge >= 0.3 is 0 Å². The number of aryl methyl sites for hydroxylation is 1. The summed E-state index contributed by atoms with van der Waals surface area (Å²) in [4.78, 5) is 9.24. The largest absolute Gasteiger partial charge is 0.378 e. The van der Waals surface area contributed by atoms with Gasteiger partial charge in [0.1, 0.15) is 6.04 Å². The molecule has 1 N–H and O–H groups in total. The quantitative estimate of drug-likeness (QED) is 0.616. The summed E-state index contributed by atoms with van der Waals surface area (Å²) >= 11 is 5.84. The number of hydrogen-bond acceptors (Lipinski definition) is 4. The standard InChI is InChI=1S/C24H27N5OS/c1-2-27-13-5-7-21(27)23-22(20-6-3-4-12-25-20)26-24(31)29(23)19-10-8-18(9-11-19)28-14-16-30-17-15-28/h3-13,22-23H,2,14-17H2,1H3,(H,26,31)/t22-,23+/m0/s1. The SMILES string of the molecule is CCn1cccc1[C@@H]1[C@H](c2ccccn2)NC(=S)N1c1ccc(N2CCOCC2)cc1. The lowest BCUT2D eigenvalue weighted by Crippen LogP contribution is -2.36. The number of thiocarbonyl (C=S) groups is 1. The van der Waals surface area contributed by atoms with E-state index in [9.17, 15) is 0 Å². The molecule has 2 atom stereocenters. The molecule has 31 heavy (non-hydrogen) atoms. The summed E-state index contributed by atoms with van der Waals surface area (Å²) in [6.07, 6.45) is 3.97. The van der Waals surface area contributed by atoms with E-state index < -0.39 is 0 Å². The first-order valence-electron chi connectivity index (χ1n) is 10.8. The minimum atomic E-state index is -0.0205. The summed E-state index contributed by atoms with van der Waals surface area (Å²) in [7, 11) is 0. The van der Waals surface area contributed by atoms with Crippen molar-refractivity contribution in [3.8, 4) is 0 Å². The second-order valence-electron chi connectivity index (χ2n) is 7.83. The van der Waals surface area contributed by atoms with Crippen molar-refractivity contribution in [3.05, 3.63) is 78.4 Å². The van der Waals surface area contributed by atoms with Gasteiger partial charge < -0.3 is 24.4 Å². The first-order chi connectivity index (χ1) is 15.3. The highest BCUT2D eigenvalue weighted by atomic mass is 32.1. The molecule has 0 aliphatic carbocycles. The van der Waals surface area contributed by atoms with Crippen LogP contribution in [0.1, 0.15) is 30.4 Å². The molecule has 2 aromatic heterocycles. The Morgan fingerprint density at radius 1 is 1.03 bits per heavy atom. The predicted molar refractivity (Wildman–Crippen MR) is 128 cm³/mol. The van der Waals surface area contributed by atoms with Gasteiger partial charge in [0.15, 0.2) is 5.11 Å². The van der Waals surface area contributed by atoms with Gasteiger partial charge in [0.25, 0.3) is 0 Å². The number of benzene rings is 1. The van der Waals surface area contributed by atoms with Crippen molar-refractivity contribution >= 4 is 28.7 Å².